The molecular formula is C15H20N2O2S2. The zero-order chi connectivity index (χ0) is 15.6. The van der Waals surface area contributed by atoms with Gasteiger partial charge in [-0.15, -0.1) is 0 Å². The summed E-state index contributed by atoms with van der Waals surface area (Å²) in [6.45, 7) is 5.91. The predicted molar refractivity (Wildman–Crippen MR) is 86.9 cm³/mol. The summed E-state index contributed by atoms with van der Waals surface area (Å²) in [6, 6.07) is 5.20. The largest absolute Gasteiger partial charge is 0.326 e. The molecule has 1 aromatic carbocycles. The normalized spacial score (nSPS) is 13.3. The molecule has 1 atom stereocenters. The lowest BCUT2D eigenvalue weighted by Crippen LogP contribution is -2.27. The fourth-order valence-electron chi connectivity index (χ4n) is 2.27. The predicted octanol–water partition coefficient (Wildman–Crippen LogP) is 2.86. The quantitative estimate of drug-likeness (QED) is 0.888. The Kier molecular flexibility index (Phi) is 4.83. The van der Waals surface area contributed by atoms with Crippen LogP contribution >= 0.6 is 11.3 Å². The van der Waals surface area contributed by atoms with Crippen molar-refractivity contribution in [2.45, 2.75) is 38.3 Å². The first-order valence-electron chi connectivity index (χ1n) is 6.69. The Morgan fingerprint density at radius 1 is 1.29 bits per heavy atom. The van der Waals surface area contributed by atoms with E-state index in [4.69, 9.17) is 5.73 Å². The Labute approximate surface area is 130 Å². The van der Waals surface area contributed by atoms with Gasteiger partial charge in [0.25, 0.3) is 0 Å². The molecule has 0 saturated heterocycles. The zero-order valence-electron chi connectivity index (χ0n) is 12.4. The van der Waals surface area contributed by atoms with Gasteiger partial charge in [-0.25, -0.2) is 13.1 Å². The van der Waals surface area contributed by atoms with Gasteiger partial charge in [-0.3, -0.25) is 0 Å². The van der Waals surface area contributed by atoms with Crippen LogP contribution in [0.2, 0.25) is 0 Å². The van der Waals surface area contributed by atoms with E-state index in [1.54, 1.807) is 24.3 Å². The molecular weight excluding hydrogens is 304 g/mol. The SMILES string of the molecule is Cc1cc(C)c(S(=O)(=O)NC(C)c2ccsc2)cc1CN. The number of hydrogen-bond acceptors (Lipinski definition) is 4. The maximum Gasteiger partial charge on any atom is 0.241 e. The first-order valence-corrected chi connectivity index (χ1v) is 9.12. The van der Waals surface area contributed by atoms with Gasteiger partial charge in [-0.05, 0) is 65.9 Å². The molecule has 1 heterocycles. The fourth-order valence-corrected chi connectivity index (χ4v) is 4.53. The van der Waals surface area contributed by atoms with Crippen molar-refractivity contribution in [3.05, 3.63) is 51.2 Å². The summed E-state index contributed by atoms with van der Waals surface area (Å²) in [5, 5.41) is 3.88. The topological polar surface area (TPSA) is 72.2 Å². The number of rotatable bonds is 5. The van der Waals surface area contributed by atoms with Crippen molar-refractivity contribution < 1.29 is 8.42 Å². The Morgan fingerprint density at radius 3 is 2.57 bits per heavy atom. The number of benzene rings is 1. The van der Waals surface area contributed by atoms with Crippen molar-refractivity contribution in [1.29, 1.82) is 0 Å². The summed E-state index contributed by atoms with van der Waals surface area (Å²) in [6.07, 6.45) is 0. The average Bonchev–Trinajstić information content (AvgIpc) is 2.91. The molecule has 0 spiro atoms. The van der Waals surface area contributed by atoms with Crippen LogP contribution in [0.1, 0.15) is 35.2 Å². The highest BCUT2D eigenvalue weighted by Gasteiger charge is 2.21. The Bertz CT molecular complexity index is 722. The van der Waals surface area contributed by atoms with Crippen LogP contribution in [0.3, 0.4) is 0 Å². The van der Waals surface area contributed by atoms with Crippen LogP contribution < -0.4 is 10.5 Å². The standard InChI is InChI=1S/C15H20N2O2S2/c1-10-6-11(2)15(7-14(10)8-16)21(18,19)17-12(3)13-4-5-20-9-13/h4-7,9,12,17H,8,16H2,1-3H3. The van der Waals surface area contributed by atoms with E-state index in [1.165, 1.54) is 0 Å². The van der Waals surface area contributed by atoms with Crippen LogP contribution in [0.15, 0.2) is 33.9 Å². The summed E-state index contributed by atoms with van der Waals surface area (Å²) in [5.41, 5.74) is 9.24. The molecule has 0 aliphatic carbocycles. The number of nitrogens with one attached hydrogen (secondary N) is 1. The number of hydrogen-bond donors (Lipinski definition) is 2. The van der Waals surface area contributed by atoms with Gasteiger partial charge in [-0.2, -0.15) is 11.3 Å². The summed E-state index contributed by atoms with van der Waals surface area (Å²) in [4.78, 5) is 0.302. The van der Waals surface area contributed by atoms with Crippen LogP contribution in [0.25, 0.3) is 0 Å². The third-order valence-electron chi connectivity index (χ3n) is 3.52. The molecule has 4 nitrogen and oxygen atoms in total. The smallest absolute Gasteiger partial charge is 0.241 e. The summed E-state index contributed by atoms with van der Waals surface area (Å²) >= 11 is 1.55. The lowest BCUT2D eigenvalue weighted by Gasteiger charge is -2.16. The second-order valence-corrected chi connectivity index (χ2v) is 7.61. The van der Waals surface area contributed by atoms with Gasteiger partial charge in [0.05, 0.1) is 4.90 Å². The van der Waals surface area contributed by atoms with Gasteiger partial charge >= 0.3 is 0 Å². The maximum absolute atomic E-state index is 12.6. The third kappa shape index (κ3) is 3.52. The Balaban J connectivity index is 2.36. The molecule has 6 heteroatoms. The molecule has 3 N–H and O–H groups in total. The Hall–Kier alpha value is -1.21. The van der Waals surface area contributed by atoms with Gasteiger partial charge < -0.3 is 5.73 Å². The second kappa shape index (κ2) is 6.27. The van der Waals surface area contributed by atoms with E-state index in [1.807, 2.05) is 36.7 Å². The zero-order valence-corrected chi connectivity index (χ0v) is 14.0. The highest BCUT2D eigenvalue weighted by molar-refractivity contribution is 7.89. The van der Waals surface area contributed by atoms with Crippen LogP contribution in [0.5, 0.6) is 0 Å². The summed E-state index contributed by atoms with van der Waals surface area (Å²) in [5.74, 6) is 0. The lowest BCUT2D eigenvalue weighted by molar-refractivity contribution is 0.566. The van der Waals surface area contributed by atoms with E-state index < -0.39 is 10.0 Å². The third-order valence-corrected chi connectivity index (χ3v) is 5.90. The molecule has 0 bridgehead atoms. The van der Waals surface area contributed by atoms with Crippen molar-refractivity contribution in [2.75, 3.05) is 0 Å². The molecule has 1 unspecified atom stereocenters. The van der Waals surface area contributed by atoms with E-state index in [0.717, 1.165) is 22.3 Å². The van der Waals surface area contributed by atoms with Crippen LogP contribution in [-0.2, 0) is 16.6 Å². The van der Waals surface area contributed by atoms with Gasteiger partial charge in [-0.1, -0.05) is 6.07 Å². The highest BCUT2D eigenvalue weighted by atomic mass is 32.2. The van der Waals surface area contributed by atoms with Gasteiger partial charge in [0.15, 0.2) is 0 Å². The molecule has 0 aliphatic heterocycles. The van der Waals surface area contributed by atoms with Crippen LogP contribution in [0, 0.1) is 13.8 Å². The second-order valence-electron chi connectivity index (χ2n) is 5.15. The molecule has 2 aromatic rings. The monoisotopic (exact) mass is 324 g/mol. The van der Waals surface area contributed by atoms with Gasteiger partial charge in [0.2, 0.25) is 10.0 Å². The van der Waals surface area contributed by atoms with Gasteiger partial charge in [0, 0.05) is 12.6 Å². The molecule has 0 amide bonds. The minimum absolute atomic E-state index is 0.261. The molecule has 0 saturated carbocycles. The lowest BCUT2D eigenvalue weighted by atomic mass is 10.1. The minimum atomic E-state index is -3.57. The number of nitrogens with two attached hydrogens (primary N) is 1. The van der Waals surface area contributed by atoms with Gasteiger partial charge in [0.1, 0.15) is 0 Å². The van der Waals surface area contributed by atoms with Crippen molar-refractivity contribution in [3.8, 4) is 0 Å². The van der Waals surface area contributed by atoms with Crippen LogP contribution in [-0.4, -0.2) is 8.42 Å². The molecule has 0 aliphatic rings. The van der Waals surface area contributed by atoms with Crippen molar-refractivity contribution in [2.24, 2.45) is 5.73 Å². The first-order chi connectivity index (χ1) is 9.85. The van der Waals surface area contributed by atoms with Crippen molar-refractivity contribution in [1.82, 2.24) is 4.72 Å². The maximum atomic E-state index is 12.6. The molecule has 1 aromatic heterocycles. The average molecular weight is 324 g/mol. The first kappa shape index (κ1) is 16.2. The van der Waals surface area contributed by atoms with E-state index in [9.17, 15) is 8.42 Å². The minimum Gasteiger partial charge on any atom is -0.326 e. The highest BCUT2D eigenvalue weighted by Crippen LogP contribution is 2.23. The molecule has 114 valence electrons. The Morgan fingerprint density at radius 2 is 2.00 bits per heavy atom. The molecule has 21 heavy (non-hydrogen) atoms. The van der Waals surface area contributed by atoms with E-state index >= 15 is 0 Å². The molecule has 0 radical (unpaired) electrons. The van der Waals surface area contributed by atoms with Crippen molar-refractivity contribution >= 4 is 21.4 Å². The number of aryl methyl sites for hydroxylation is 2. The van der Waals surface area contributed by atoms with Crippen LogP contribution in [0.4, 0.5) is 0 Å². The van der Waals surface area contributed by atoms with Crippen molar-refractivity contribution in [3.63, 3.8) is 0 Å². The molecule has 0 fully saturated rings. The fraction of sp³-hybridized carbons (Fsp3) is 0.333. The van der Waals surface area contributed by atoms with E-state index in [0.29, 0.717) is 11.4 Å². The summed E-state index contributed by atoms with van der Waals surface area (Å²) < 4.78 is 27.9. The molecule has 2 rings (SSSR count). The number of sulfonamides is 1. The van der Waals surface area contributed by atoms with E-state index in [-0.39, 0.29) is 6.04 Å². The number of thiophene rings is 1. The summed E-state index contributed by atoms with van der Waals surface area (Å²) in [7, 11) is -3.57. The van der Waals surface area contributed by atoms with E-state index in [2.05, 4.69) is 4.72 Å².